The number of aromatic amines is 1. The molecule has 26 heavy (non-hydrogen) atoms. The van der Waals surface area contributed by atoms with Crippen molar-refractivity contribution in [2.45, 2.75) is 34.1 Å². The summed E-state index contributed by atoms with van der Waals surface area (Å²) in [6.45, 7) is 10.7. The molecular formula is C20H31N5O. The molecule has 0 radical (unpaired) electrons. The van der Waals surface area contributed by atoms with Gasteiger partial charge in [0, 0.05) is 48.7 Å². The van der Waals surface area contributed by atoms with Crippen LogP contribution in [0.3, 0.4) is 0 Å². The van der Waals surface area contributed by atoms with E-state index in [9.17, 15) is 4.79 Å². The molecule has 4 N–H and O–H groups in total. The Morgan fingerprint density at radius 2 is 1.88 bits per heavy atom. The number of H-pyrrole nitrogens is 1. The van der Waals surface area contributed by atoms with E-state index in [1.54, 1.807) is 0 Å². The lowest BCUT2D eigenvalue weighted by molar-refractivity contribution is -0.123. The van der Waals surface area contributed by atoms with Crippen LogP contribution < -0.4 is 16.0 Å². The first kappa shape index (κ1) is 19.8. The fourth-order valence-corrected chi connectivity index (χ4v) is 2.85. The number of fused-ring (bicyclic) bond motifs is 1. The molecule has 6 nitrogen and oxygen atoms in total. The maximum atomic E-state index is 11.6. The summed E-state index contributed by atoms with van der Waals surface area (Å²) >= 11 is 0. The number of carbonyl (C=O) groups excluding carboxylic acids is 1. The monoisotopic (exact) mass is 357 g/mol. The minimum absolute atomic E-state index is 0.0105. The van der Waals surface area contributed by atoms with E-state index in [2.05, 4.69) is 51.0 Å². The standard InChI is InChI=1S/C20H31N5O/c1-5-21-20(24-13-12-22-19(26)14(2)3)23-11-10-16-15(4)25-18-9-7-6-8-17(16)18/h6-9,14,25H,5,10-13H2,1-4H3,(H,22,26)(H2,21,23,24). The fraction of sp³-hybridized carbons (Fsp3) is 0.500. The normalized spacial score (nSPS) is 11.8. The highest BCUT2D eigenvalue weighted by atomic mass is 16.1. The van der Waals surface area contributed by atoms with Gasteiger partial charge in [0.15, 0.2) is 5.96 Å². The first-order valence-electron chi connectivity index (χ1n) is 9.39. The van der Waals surface area contributed by atoms with Crippen molar-refractivity contribution in [2.75, 3.05) is 26.2 Å². The van der Waals surface area contributed by atoms with Gasteiger partial charge in [0.25, 0.3) is 0 Å². The van der Waals surface area contributed by atoms with E-state index in [0.717, 1.165) is 18.9 Å². The van der Waals surface area contributed by atoms with Crippen LogP contribution in [0.1, 0.15) is 32.0 Å². The van der Waals surface area contributed by atoms with Crippen LogP contribution in [-0.4, -0.2) is 43.0 Å². The summed E-state index contributed by atoms with van der Waals surface area (Å²) in [6.07, 6.45) is 0.885. The number of hydrogen-bond acceptors (Lipinski definition) is 2. The zero-order valence-corrected chi connectivity index (χ0v) is 16.3. The second-order valence-electron chi connectivity index (χ2n) is 6.66. The van der Waals surface area contributed by atoms with Gasteiger partial charge >= 0.3 is 0 Å². The third kappa shape index (κ3) is 5.51. The van der Waals surface area contributed by atoms with Crippen molar-refractivity contribution in [3.8, 4) is 0 Å². The maximum Gasteiger partial charge on any atom is 0.222 e. The third-order valence-electron chi connectivity index (χ3n) is 4.24. The highest BCUT2D eigenvalue weighted by Crippen LogP contribution is 2.22. The minimum atomic E-state index is 0.0105. The van der Waals surface area contributed by atoms with Crippen LogP contribution in [0.2, 0.25) is 0 Å². The molecule has 1 aromatic heterocycles. The van der Waals surface area contributed by atoms with Crippen molar-refractivity contribution < 1.29 is 4.79 Å². The zero-order chi connectivity index (χ0) is 18.9. The van der Waals surface area contributed by atoms with Gasteiger partial charge in [-0.2, -0.15) is 0 Å². The fourth-order valence-electron chi connectivity index (χ4n) is 2.85. The number of guanidine groups is 1. The van der Waals surface area contributed by atoms with Gasteiger partial charge in [0.05, 0.1) is 0 Å². The lowest BCUT2D eigenvalue weighted by Crippen LogP contribution is -2.42. The average Bonchev–Trinajstić information content (AvgIpc) is 2.93. The number of nitrogens with zero attached hydrogens (tertiary/aromatic N) is 1. The van der Waals surface area contributed by atoms with E-state index < -0.39 is 0 Å². The second kappa shape index (κ2) is 9.85. The highest BCUT2D eigenvalue weighted by Gasteiger charge is 2.08. The predicted octanol–water partition coefficient (Wildman–Crippen LogP) is 2.35. The van der Waals surface area contributed by atoms with E-state index in [-0.39, 0.29) is 11.8 Å². The molecule has 0 spiro atoms. The summed E-state index contributed by atoms with van der Waals surface area (Å²) in [5.74, 6) is 0.864. The number of amides is 1. The summed E-state index contributed by atoms with van der Waals surface area (Å²) in [7, 11) is 0. The number of aromatic nitrogens is 1. The number of nitrogens with one attached hydrogen (secondary N) is 4. The highest BCUT2D eigenvalue weighted by molar-refractivity contribution is 5.84. The summed E-state index contributed by atoms with van der Waals surface area (Å²) in [5, 5.41) is 10.7. The maximum absolute atomic E-state index is 11.6. The van der Waals surface area contributed by atoms with Gasteiger partial charge in [-0.1, -0.05) is 32.0 Å². The first-order valence-corrected chi connectivity index (χ1v) is 9.39. The Morgan fingerprint density at radius 3 is 2.62 bits per heavy atom. The Morgan fingerprint density at radius 1 is 1.15 bits per heavy atom. The van der Waals surface area contributed by atoms with Gasteiger partial charge in [-0.25, -0.2) is 0 Å². The van der Waals surface area contributed by atoms with Crippen molar-refractivity contribution in [3.05, 3.63) is 35.5 Å². The predicted molar refractivity (Wildman–Crippen MR) is 109 cm³/mol. The number of hydrogen-bond donors (Lipinski definition) is 4. The topological polar surface area (TPSA) is 81.3 Å². The largest absolute Gasteiger partial charge is 0.358 e. The molecule has 0 saturated carbocycles. The van der Waals surface area contributed by atoms with Gasteiger partial charge < -0.3 is 20.9 Å². The van der Waals surface area contributed by atoms with Crippen molar-refractivity contribution in [3.63, 3.8) is 0 Å². The van der Waals surface area contributed by atoms with Crippen LogP contribution in [0.5, 0.6) is 0 Å². The van der Waals surface area contributed by atoms with Crippen molar-refractivity contribution in [1.82, 2.24) is 20.9 Å². The number of carbonyl (C=O) groups is 1. The molecule has 1 aromatic carbocycles. The molecule has 0 aliphatic heterocycles. The Hall–Kier alpha value is -2.50. The molecule has 2 aromatic rings. The van der Waals surface area contributed by atoms with Crippen LogP contribution in [0.4, 0.5) is 0 Å². The van der Waals surface area contributed by atoms with Gasteiger partial charge in [-0.15, -0.1) is 0 Å². The molecule has 0 atom stereocenters. The smallest absolute Gasteiger partial charge is 0.222 e. The lowest BCUT2D eigenvalue weighted by Gasteiger charge is -2.12. The zero-order valence-electron chi connectivity index (χ0n) is 16.3. The van der Waals surface area contributed by atoms with E-state index in [1.807, 2.05) is 26.8 Å². The molecule has 142 valence electrons. The van der Waals surface area contributed by atoms with Crippen LogP contribution in [0, 0.1) is 12.8 Å². The van der Waals surface area contributed by atoms with E-state index in [4.69, 9.17) is 0 Å². The number of aryl methyl sites for hydroxylation is 1. The van der Waals surface area contributed by atoms with Crippen LogP contribution >= 0.6 is 0 Å². The van der Waals surface area contributed by atoms with Crippen molar-refractivity contribution in [2.24, 2.45) is 10.9 Å². The second-order valence-corrected chi connectivity index (χ2v) is 6.66. The Bertz CT molecular complexity index is 748. The molecule has 1 heterocycles. The van der Waals surface area contributed by atoms with Gasteiger partial charge in [-0.3, -0.25) is 9.79 Å². The Labute approximate surface area is 155 Å². The third-order valence-corrected chi connectivity index (χ3v) is 4.24. The SMILES string of the molecule is CCNC(=NCCc1c(C)[nH]c2ccccc12)NCCNC(=O)C(C)C. The first-order chi connectivity index (χ1) is 12.5. The molecule has 0 fully saturated rings. The minimum Gasteiger partial charge on any atom is -0.358 e. The molecule has 0 saturated heterocycles. The summed E-state index contributed by atoms with van der Waals surface area (Å²) in [6, 6.07) is 8.37. The van der Waals surface area contributed by atoms with E-state index in [0.29, 0.717) is 19.6 Å². The average molecular weight is 358 g/mol. The molecular weight excluding hydrogens is 326 g/mol. The molecule has 1 amide bonds. The van der Waals surface area contributed by atoms with Crippen molar-refractivity contribution >= 4 is 22.8 Å². The Balaban J connectivity index is 1.88. The van der Waals surface area contributed by atoms with Crippen molar-refractivity contribution in [1.29, 1.82) is 0 Å². The molecule has 2 rings (SSSR count). The summed E-state index contributed by atoms with van der Waals surface area (Å²) in [4.78, 5) is 19.7. The molecule has 0 aliphatic carbocycles. The summed E-state index contributed by atoms with van der Waals surface area (Å²) < 4.78 is 0. The van der Waals surface area contributed by atoms with Crippen LogP contribution in [-0.2, 0) is 11.2 Å². The van der Waals surface area contributed by atoms with E-state index in [1.165, 1.54) is 22.2 Å². The number of para-hydroxylation sites is 1. The van der Waals surface area contributed by atoms with Gasteiger partial charge in [0.2, 0.25) is 5.91 Å². The van der Waals surface area contributed by atoms with Gasteiger partial charge in [-0.05, 0) is 31.9 Å². The Kier molecular flexibility index (Phi) is 7.51. The number of benzene rings is 1. The number of aliphatic imine (C=N–C) groups is 1. The number of rotatable bonds is 8. The molecule has 0 aliphatic rings. The van der Waals surface area contributed by atoms with Gasteiger partial charge in [0.1, 0.15) is 0 Å². The lowest BCUT2D eigenvalue weighted by atomic mass is 10.1. The summed E-state index contributed by atoms with van der Waals surface area (Å²) in [5.41, 5.74) is 3.70. The molecule has 0 unspecified atom stereocenters. The van der Waals surface area contributed by atoms with Crippen LogP contribution in [0.15, 0.2) is 29.3 Å². The molecule has 6 heteroatoms. The van der Waals surface area contributed by atoms with Crippen LogP contribution in [0.25, 0.3) is 10.9 Å². The van der Waals surface area contributed by atoms with E-state index >= 15 is 0 Å². The quantitative estimate of drug-likeness (QED) is 0.333. The molecule has 0 bridgehead atoms.